The van der Waals surface area contributed by atoms with Crippen molar-refractivity contribution in [2.24, 2.45) is 0 Å². The molecule has 0 fully saturated rings. The van der Waals surface area contributed by atoms with Crippen LogP contribution >= 0.6 is 11.8 Å². The Kier molecular flexibility index (Phi) is 3.13. The predicted molar refractivity (Wildman–Crippen MR) is 76.6 cm³/mol. The van der Waals surface area contributed by atoms with Gasteiger partial charge in [0.05, 0.1) is 11.0 Å². The average molecular weight is 272 g/mol. The summed E-state index contributed by atoms with van der Waals surface area (Å²) in [5.74, 6) is 0.894. The van der Waals surface area contributed by atoms with Gasteiger partial charge in [0.1, 0.15) is 5.69 Å². The maximum absolute atomic E-state index is 11.0. The van der Waals surface area contributed by atoms with Crippen LogP contribution in [0.2, 0.25) is 0 Å². The van der Waals surface area contributed by atoms with E-state index in [2.05, 4.69) is 17.4 Å². The molecule has 0 saturated heterocycles. The fourth-order valence-electron chi connectivity index (χ4n) is 2.22. The van der Waals surface area contributed by atoms with Gasteiger partial charge in [-0.1, -0.05) is 30.3 Å². The summed E-state index contributed by atoms with van der Waals surface area (Å²) in [5, 5.41) is 14.3. The van der Waals surface area contributed by atoms with E-state index in [1.807, 2.05) is 18.2 Å². The number of thioether (sulfide) groups is 1. The molecule has 0 aromatic heterocycles. The van der Waals surface area contributed by atoms with E-state index in [0.29, 0.717) is 5.69 Å². The number of hydrogen-bond acceptors (Lipinski definition) is 4. The molecule has 5 heteroatoms. The Balaban J connectivity index is 1.90. The van der Waals surface area contributed by atoms with Gasteiger partial charge in [0.25, 0.3) is 5.69 Å². The Morgan fingerprint density at radius 1 is 1.16 bits per heavy atom. The number of nitrogens with zero attached hydrogens (tertiary/aromatic N) is 1. The normalized spacial score (nSPS) is 16.9. The first-order valence-corrected chi connectivity index (χ1v) is 6.96. The molecule has 1 unspecified atom stereocenters. The first kappa shape index (κ1) is 12.0. The molecule has 19 heavy (non-hydrogen) atoms. The van der Waals surface area contributed by atoms with Crippen LogP contribution in [0.25, 0.3) is 0 Å². The first-order valence-electron chi connectivity index (χ1n) is 5.97. The van der Waals surface area contributed by atoms with E-state index in [0.717, 1.165) is 5.75 Å². The zero-order valence-corrected chi connectivity index (χ0v) is 10.9. The van der Waals surface area contributed by atoms with Crippen LogP contribution in [-0.4, -0.2) is 10.7 Å². The van der Waals surface area contributed by atoms with Crippen molar-refractivity contribution >= 4 is 23.1 Å². The summed E-state index contributed by atoms with van der Waals surface area (Å²) in [6.07, 6.45) is 0. The van der Waals surface area contributed by atoms with Crippen molar-refractivity contribution in [3.05, 3.63) is 64.2 Å². The predicted octanol–water partition coefficient (Wildman–Crippen LogP) is 3.85. The zero-order chi connectivity index (χ0) is 13.2. The molecule has 1 N–H and O–H groups in total. The van der Waals surface area contributed by atoms with Crippen LogP contribution in [0.5, 0.6) is 0 Å². The van der Waals surface area contributed by atoms with E-state index in [-0.39, 0.29) is 16.7 Å². The molecule has 0 radical (unpaired) electrons. The first-order chi connectivity index (χ1) is 9.25. The van der Waals surface area contributed by atoms with E-state index >= 15 is 0 Å². The molecule has 0 spiro atoms. The maximum atomic E-state index is 11.0. The summed E-state index contributed by atoms with van der Waals surface area (Å²) in [7, 11) is 0. The highest BCUT2D eigenvalue weighted by molar-refractivity contribution is 7.99. The molecule has 1 aliphatic rings. The molecule has 2 aromatic carbocycles. The molecule has 0 saturated carbocycles. The molecule has 1 aliphatic heterocycles. The molecule has 0 aliphatic carbocycles. The largest absolute Gasteiger partial charge is 0.372 e. The highest BCUT2D eigenvalue weighted by atomic mass is 32.2. The maximum Gasteiger partial charge on any atom is 0.292 e. The summed E-state index contributed by atoms with van der Waals surface area (Å²) in [6, 6.07) is 15.1. The summed E-state index contributed by atoms with van der Waals surface area (Å²) in [4.78, 5) is 11.9. The fourth-order valence-corrected chi connectivity index (χ4v) is 3.39. The molecule has 1 heterocycles. The summed E-state index contributed by atoms with van der Waals surface area (Å²) >= 11 is 1.78. The molecule has 3 rings (SSSR count). The van der Waals surface area contributed by atoms with Crippen LogP contribution in [0.15, 0.2) is 53.4 Å². The number of rotatable bonds is 3. The van der Waals surface area contributed by atoms with Crippen molar-refractivity contribution < 1.29 is 4.92 Å². The number of nitrogens with one attached hydrogen (secondary N) is 1. The van der Waals surface area contributed by atoms with E-state index in [1.165, 1.54) is 16.5 Å². The Bertz CT molecular complexity index is 630. The van der Waals surface area contributed by atoms with Gasteiger partial charge in [-0.05, 0) is 17.7 Å². The van der Waals surface area contributed by atoms with Crippen molar-refractivity contribution in [3.63, 3.8) is 0 Å². The molecule has 4 nitrogen and oxygen atoms in total. The topological polar surface area (TPSA) is 55.2 Å². The van der Waals surface area contributed by atoms with Crippen LogP contribution in [0.1, 0.15) is 11.6 Å². The Labute approximate surface area is 115 Å². The van der Waals surface area contributed by atoms with Crippen LogP contribution in [0.4, 0.5) is 11.4 Å². The molecule has 1 atom stereocenters. The van der Waals surface area contributed by atoms with Gasteiger partial charge in [-0.2, -0.15) is 0 Å². The van der Waals surface area contributed by atoms with Gasteiger partial charge in [0.15, 0.2) is 0 Å². The minimum atomic E-state index is -0.351. The number of anilines is 1. The van der Waals surface area contributed by atoms with Gasteiger partial charge in [0.2, 0.25) is 0 Å². The van der Waals surface area contributed by atoms with Crippen molar-refractivity contribution in [1.82, 2.24) is 0 Å². The lowest BCUT2D eigenvalue weighted by Crippen LogP contribution is -2.11. The minimum Gasteiger partial charge on any atom is -0.372 e. The summed E-state index contributed by atoms with van der Waals surface area (Å²) in [5.41, 5.74) is 1.91. The van der Waals surface area contributed by atoms with Gasteiger partial charge >= 0.3 is 0 Å². The van der Waals surface area contributed by atoms with E-state index < -0.39 is 0 Å². The fraction of sp³-hybridized carbons (Fsp3) is 0.143. The molecule has 0 amide bonds. The Morgan fingerprint density at radius 3 is 2.74 bits per heavy atom. The number of fused-ring (bicyclic) bond motifs is 1. The van der Waals surface area contributed by atoms with E-state index in [1.54, 1.807) is 23.9 Å². The molecule has 0 bridgehead atoms. The Hall–Kier alpha value is -2.01. The molecule has 2 aromatic rings. The van der Waals surface area contributed by atoms with Crippen LogP contribution in [0, 0.1) is 10.1 Å². The third-order valence-corrected chi connectivity index (χ3v) is 4.31. The van der Waals surface area contributed by atoms with Crippen molar-refractivity contribution in [1.29, 1.82) is 0 Å². The quantitative estimate of drug-likeness (QED) is 0.681. The highest BCUT2D eigenvalue weighted by Crippen LogP contribution is 2.40. The third-order valence-electron chi connectivity index (χ3n) is 3.13. The third kappa shape index (κ3) is 2.29. The number of hydrogen-bond donors (Lipinski definition) is 1. The summed E-state index contributed by atoms with van der Waals surface area (Å²) < 4.78 is 0. The summed E-state index contributed by atoms with van der Waals surface area (Å²) in [6.45, 7) is 0. The zero-order valence-electron chi connectivity index (χ0n) is 10.1. The van der Waals surface area contributed by atoms with Gasteiger partial charge in [0, 0.05) is 16.7 Å². The lowest BCUT2D eigenvalue weighted by atomic mass is 10.1. The second-order valence-corrected chi connectivity index (χ2v) is 5.38. The van der Waals surface area contributed by atoms with Crippen LogP contribution in [0.3, 0.4) is 0 Å². The number of para-hydroxylation sites is 2. The number of nitro benzene ring substituents is 1. The van der Waals surface area contributed by atoms with E-state index in [4.69, 9.17) is 0 Å². The molecule has 96 valence electrons. The lowest BCUT2D eigenvalue weighted by molar-refractivity contribution is -0.384. The average Bonchev–Trinajstić information content (AvgIpc) is 2.83. The number of nitro groups is 1. The van der Waals surface area contributed by atoms with Crippen molar-refractivity contribution in [2.75, 3.05) is 11.1 Å². The van der Waals surface area contributed by atoms with Gasteiger partial charge in [-0.3, -0.25) is 10.1 Å². The lowest BCUT2D eigenvalue weighted by Gasteiger charge is -2.14. The standard InChI is InChI=1S/C14H12N2O2S/c17-16(18)13-7-3-2-6-11(13)15-12-9-19-14-8-4-1-5-10(12)14/h1-8,12,15H,9H2. The van der Waals surface area contributed by atoms with Gasteiger partial charge in [-0.25, -0.2) is 0 Å². The SMILES string of the molecule is O=[N+]([O-])c1ccccc1NC1CSc2ccccc21. The van der Waals surface area contributed by atoms with Crippen molar-refractivity contribution in [3.8, 4) is 0 Å². The number of benzene rings is 2. The second-order valence-electron chi connectivity index (χ2n) is 4.32. The minimum absolute atomic E-state index is 0.122. The van der Waals surface area contributed by atoms with E-state index in [9.17, 15) is 10.1 Å². The smallest absolute Gasteiger partial charge is 0.292 e. The Morgan fingerprint density at radius 2 is 1.89 bits per heavy atom. The van der Waals surface area contributed by atoms with Crippen LogP contribution < -0.4 is 5.32 Å². The monoisotopic (exact) mass is 272 g/mol. The molecular formula is C14H12N2O2S. The van der Waals surface area contributed by atoms with Gasteiger partial charge < -0.3 is 5.32 Å². The highest BCUT2D eigenvalue weighted by Gasteiger charge is 2.24. The van der Waals surface area contributed by atoms with Crippen LogP contribution in [-0.2, 0) is 0 Å². The van der Waals surface area contributed by atoms with Gasteiger partial charge in [-0.15, -0.1) is 11.8 Å². The molecular weight excluding hydrogens is 260 g/mol. The second kappa shape index (κ2) is 4.93. The van der Waals surface area contributed by atoms with Crippen molar-refractivity contribution in [2.45, 2.75) is 10.9 Å².